The van der Waals surface area contributed by atoms with Crippen LogP contribution < -0.4 is 14.4 Å². The summed E-state index contributed by atoms with van der Waals surface area (Å²) in [4.78, 5) is 42.9. The van der Waals surface area contributed by atoms with Crippen LogP contribution in [0.2, 0.25) is 0 Å². The quantitative estimate of drug-likeness (QED) is 0.429. The molecule has 0 aromatic heterocycles. The highest BCUT2D eigenvalue weighted by Gasteiger charge is 2.66. The van der Waals surface area contributed by atoms with Gasteiger partial charge in [-0.2, -0.15) is 0 Å². The van der Waals surface area contributed by atoms with Crippen LogP contribution in [0, 0.1) is 0 Å². The molecule has 5 rings (SSSR count). The number of hydrogen-bond donors (Lipinski definition) is 1. The molecule has 0 saturated carbocycles. The Morgan fingerprint density at radius 3 is 2.58 bits per heavy atom. The molecule has 0 radical (unpaired) electrons. The van der Waals surface area contributed by atoms with Crippen LogP contribution in [0.15, 0.2) is 48.0 Å². The first-order valence-electron chi connectivity index (χ1n) is 10.5. The Morgan fingerprint density at radius 1 is 1.09 bits per heavy atom. The number of nitrogens with zero attached hydrogens (tertiary/aromatic N) is 2. The Labute approximate surface area is 189 Å². The SMILES string of the molecule is COCCN1C(=O)C(=O)/C(=C(\O)c2ccc3c(c2)OCCO3)C12C(=O)N(C)c1ccccc12. The summed E-state index contributed by atoms with van der Waals surface area (Å²) in [5.41, 5.74) is -0.827. The molecule has 1 N–H and O–H groups in total. The van der Waals surface area contributed by atoms with E-state index in [1.165, 1.54) is 23.0 Å². The Balaban J connectivity index is 1.78. The molecule has 170 valence electrons. The second kappa shape index (κ2) is 7.63. The van der Waals surface area contributed by atoms with E-state index < -0.39 is 28.9 Å². The lowest BCUT2D eigenvalue weighted by atomic mass is 9.82. The third-order valence-corrected chi connectivity index (χ3v) is 6.27. The number of rotatable bonds is 4. The molecule has 2 aromatic rings. The Morgan fingerprint density at radius 2 is 1.82 bits per heavy atom. The number of ketones is 1. The summed E-state index contributed by atoms with van der Waals surface area (Å²) in [7, 11) is 3.05. The van der Waals surface area contributed by atoms with Gasteiger partial charge in [-0.1, -0.05) is 18.2 Å². The maximum Gasteiger partial charge on any atom is 0.296 e. The number of amides is 2. The summed E-state index contributed by atoms with van der Waals surface area (Å²) < 4.78 is 16.3. The number of carbonyl (C=O) groups is 3. The van der Waals surface area contributed by atoms with Gasteiger partial charge in [-0.3, -0.25) is 14.4 Å². The van der Waals surface area contributed by atoms with Crippen molar-refractivity contribution in [1.82, 2.24) is 4.90 Å². The van der Waals surface area contributed by atoms with Gasteiger partial charge < -0.3 is 29.1 Å². The van der Waals surface area contributed by atoms with Crippen molar-refractivity contribution < 1.29 is 33.7 Å². The number of anilines is 1. The minimum absolute atomic E-state index is 0.00704. The summed E-state index contributed by atoms with van der Waals surface area (Å²) in [6, 6.07) is 11.6. The third kappa shape index (κ3) is 2.78. The molecule has 1 spiro atoms. The number of fused-ring (bicyclic) bond motifs is 3. The molecule has 1 atom stereocenters. The van der Waals surface area contributed by atoms with E-state index in [9.17, 15) is 19.5 Å². The summed E-state index contributed by atoms with van der Waals surface area (Å²) in [6.07, 6.45) is 0. The van der Waals surface area contributed by atoms with Crippen LogP contribution in [0.25, 0.3) is 5.76 Å². The van der Waals surface area contributed by atoms with Gasteiger partial charge in [-0.15, -0.1) is 0 Å². The van der Waals surface area contributed by atoms with Crippen LogP contribution in [0.3, 0.4) is 0 Å². The lowest BCUT2D eigenvalue weighted by Gasteiger charge is -2.34. The maximum absolute atomic E-state index is 13.8. The average Bonchev–Trinajstić information content (AvgIpc) is 3.20. The topological polar surface area (TPSA) is 106 Å². The molecule has 2 aromatic carbocycles. The summed E-state index contributed by atoms with van der Waals surface area (Å²) >= 11 is 0. The first-order valence-corrected chi connectivity index (χ1v) is 10.5. The monoisotopic (exact) mass is 450 g/mol. The van der Waals surface area contributed by atoms with Crippen LogP contribution in [-0.2, 0) is 24.7 Å². The summed E-state index contributed by atoms with van der Waals surface area (Å²) in [6.45, 7) is 0.850. The molecule has 0 bridgehead atoms. The molecule has 3 heterocycles. The number of carbonyl (C=O) groups excluding carboxylic acids is 3. The molecular weight excluding hydrogens is 428 g/mol. The smallest absolute Gasteiger partial charge is 0.296 e. The molecule has 2 amide bonds. The predicted molar refractivity (Wildman–Crippen MR) is 117 cm³/mol. The van der Waals surface area contributed by atoms with Crippen LogP contribution in [0.1, 0.15) is 11.1 Å². The third-order valence-electron chi connectivity index (χ3n) is 6.27. The van der Waals surface area contributed by atoms with E-state index in [1.807, 2.05) is 0 Å². The number of Topliss-reactive ketones (excluding diaryl/α,β-unsaturated/α-hetero) is 1. The fraction of sp³-hybridized carbons (Fsp3) is 0.292. The number of methoxy groups -OCH3 is 1. The van der Waals surface area contributed by atoms with Crippen molar-refractivity contribution in [2.45, 2.75) is 5.54 Å². The van der Waals surface area contributed by atoms with Crippen LogP contribution in [0.4, 0.5) is 5.69 Å². The van der Waals surface area contributed by atoms with Gasteiger partial charge in [-0.25, -0.2) is 0 Å². The molecule has 3 aliphatic rings. The van der Waals surface area contributed by atoms with E-state index in [-0.39, 0.29) is 24.3 Å². The van der Waals surface area contributed by atoms with Gasteiger partial charge in [0.15, 0.2) is 17.0 Å². The first-order chi connectivity index (χ1) is 15.9. The van der Waals surface area contributed by atoms with Gasteiger partial charge in [0.2, 0.25) is 0 Å². The van der Waals surface area contributed by atoms with Crippen molar-refractivity contribution in [1.29, 1.82) is 0 Å². The van der Waals surface area contributed by atoms with Gasteiger partial charge in [0.05, 0.1) is 12.2 Å². The van der Waals surface area contributed by atoms with E-state index in [0.29, 0.717) is 36.0 Å². The van der Waals surface area contributed by atoms with Gasteiger partial charge >= 0.3 is 0 Å². The zero-order valence-corrected chi connectivity index (χ0v) is 18.2. The van der Waals surface area contributed by atoms with Gasteiger partial charge in [-0.05, 0) is 24.3 Å². The highest BCUT2D eigenvalue weighted by Crippen LogP contribution is 2.53. The molecule has 1 saturated heterocycles. The van der Waals surface area contributed by atoms with E-state index in [1.54, 1.807) is 43.4 Å². The Kier molecular flexibility index (Phi) is 4.86. The minimum atomic E-state index is -1.80. The Bertz CT molecular complexity index is 1220. The molecule has 1 fully saturated rings. The van der Waals surface area contributed by atoms with Gasteiger partial charge in [0.25, 0.3) is 17.6 Å². The average molecular weight is 450 g/mol. The van der Waals surface area contributed by atoms with E-state index in [2.05, 4.69) is 0 Å². The maximum atomic E-state index is 13.8. The number of aliphatic hydroxyl groups excluding tert-OH is 1. The standard InChI is InChI=1S/C24H22N2O7/c1-25-16-6-4-3-5-15(16)24(23(25)30)19(21(28)22(29)26(24)9-10-31-2)20(27)14-7-8-17-18(13-14)33-12-11-32-17/h3-8,13,27H,9-12H2,1-2H3/b20-19+. The number of likely N-dealkylation sites (N-methyl/N-ethyl adjacent to an activating group) is 1. The molecule has 9 heteroatoms. The van der Waals surface area contributed by atoms with Gasteiger partial charge in [0, 0.05) is 37.5 Å². The van der Waals surface area contributed by atoms with E-state index in [4.69, 9.17) is 14.2 Å². The van der Waals surface area contributed by atoms with Crippen LogP contribution in [0.5, 0.6) is 11.5 Å². The molecule has 33 heavy (non-hydrogen) atoms. The second-order valence-corrected chi connectivity index (χ2v) is 7.95. The first kappa shape index (κ1) is 21.0. The van der Waals surface area contributed by atoms with E-state index >= 15 is 0 Å². The van der Waals surface area contributed by atoms with Crippen molar-refractivity contribution >= 4 is 29.0 Å². The largest absolute Gasteiger partial charge is 0.507 e. The fourth-order valence-electron chi connectivity index (χ4n) is 4.79. The van der Waals surface area contributed by atoms with Gasteiger partial charge in [0.1, 0.15) is 19.0 Å². The van der Waals surface area contributed by atoms with Crippen molar-refractivity contribution in [3.63, 3.8) is 0 Å². The summed E-state index contributed by atoms with van der Waals surface area (Å²) in [5, 5.41) is 11.4. The molecular formula is C24H22N2O7. The number of likely N-dealkylation sites (tertiary alicyclic amines) is 1. The number of hydrogen-bond acceptors (Lipinski definition) is 7. The van der Waals surface area contributed by atoms with Crippen LogP contribution >= 0.6 is 0 Å². The van der Waals surface area contributed by atoms with Crippen molar-refractivity contribution in [3.8, 4) is 11.5 Å². The second-order valence-electron chi connectivity index (χ2n) is 7.95. The number of ether oxygens (including phenoxy) is 3. The molecule has 0 aliphatic carbocycles. The van der Waals surface area contributed by atoms with E-state index in [0.717, 1.165) is 0 Å². The number of aliphatic hydroxyl groups is 1. The summed E-state index contributed by atoms with van der Waals surface area (Å²) in [5.74, 6) is -1.85. The Hall–Kier alpha value is -3.85. The normalized spacial score (nSPS) is 22.9. The molecule has 1 unspecified atom stereocenters. The van der Waals surface area contributed by atoms with Crippen molar-refractivity contribution in [2.75, 3.05) is 45.4 Å². The number of benzene rings is 2. The molecule has 9 nitrogen and oxygen atoms in total. The zero-order chi connectivity index (χ0) is 23.3. The predicted octanol–water partition coefficient (Wildman–Crippen LogP) is 1.66. The lowest BCUT2D eigenvalue weighted by molar-refractivity contribution is -0.144. The van der Waals surface area contributed by atoms with Crippen molar-refractivity contribution in [2.24, 2.45) is 0 Å². The highest BCUT2D eigenvalue weighted by molar-refractivity contribution is 6.50. The molecule has 3 aliphatic heterocycles. The zero-order valence-electron chi connectivity index (χ0n) is 18.2. The highest BCUT2D eigenvalue weighted by atomic mass is 16.6. The lowest BCUT2D eigenvalue weighted by Crippen LogP contribution is -2.52. The minimum Gasteiger partial charge on any atom is -0.507 e. The number of para-hydroxylation sites is 1. The van der Waals surface area contributed by atoms with Crippen molar-refractivity contribution in [3.05, 3.63) is 59.2 Å². The fourth-order valence-corrected chi connectivity index (χ4v) is 4.79. The van der Waals surface area contributed by atoms with Crippen LogP contribution in [-0.4, -0.2) is 68.1 Å².